The first-order valence-electron chi connectivity index (χ1n) is 8.35. The largest absolute Gasteiger partial charge is 0.444 e. The molecule has 2 aliphatic rings. The number of hydrogen-bond donors (Lipinski definition) is 1. The van der Waals surface area contributed by atoms with Crippen molar-refractivity contribution < 1.29 is 9.53 Å². The highest BCUT2D eigenvalue weighted by Crippen LogP contribution is 2.37. The van der Waals surface area contributed by atoms with Gasteiger partial charge < -0.3 is 20.3 Å². The summed E-state index contributed by atoms with van der Waals surface area (Å²) < 4.78 is 5.64. The second kappa shape index (κ2) is 8.82. The fourth-order valence-electron chi connectivity index (χ4n) is 2.75. The van der Waals surface area contributed by atoms with Crippen molar-refractivity contribution >= 4 is 47.8 Å². The van der Waals surface area contributed by atoms with Gasteiger partial charge in [-0.15, -0.1) is 24.0 Å². The maximum Gasteiger partial charge on any atom is 0.410 e. The number of nitrogens with zero attached hydrogens (tertiary/aromatic N) is 3. The molecule has 0 spiro atoms. The fourth-order valence-corrected chi connectivity index (χ4v) is 3.98. The molecule has 1 atom stereocenters. The van der Waals surface area contributed by atoms with Crippen molar-refractivity contribution in [2.24, 2.45) is 10.7 Å². The Bertz CT molecular complexity index is 453. The third-order valence-corrected chi connectivity index (χ3v) is 5.65. The normalized spacial score (nSPS) is 25.4. The Labute approximate surface area is 166 Å². The second-order valence-corrected chi connectivity index (χ2v) is 9.21. The zero-order valence-corrected chi connectivity index (χ0v) is 18.4. The third-order valence-electron chi connectivity index (χ3n) is 4.13. The molecule has 6 nitrogen and oxygen atoms in total. The molecule has 2 fully saturated rings. The number of halogens is 1. The smallest absolute Gasteiger partial charge is 0.410 e. The Morgan fingerprint density at radius 1 is 1.25 bits per heavy atom. The van der Waals surface area contributed by atoms with Gasteiger partial charge in [0, 0.05) is 30.9 Å². The molecule has 0 bridgehead atoms. The van der Waals surface area contributed by atoms with Crippen LogP contribution >= 0.6 is 35.7 Å². The van der Waals surface area contributed by atoms with Crippen molar-refractivity contribution in [2.45, 2.75) is 50.9 Å². The molecule has 140 valence electrons. The molecule has 1 unspecified atom stereocenters. The summed E-state index contributed by atoms with van der Waals surface area (Å²) in [7, 11) is 0. The predicted octanol–water partition coefficient (Wildman–Crippen LogP) is 2.76. The monoisotopic (exact) mass is 470 g/mol. The van der Waals surface area contributed by atoms with Crippen LogP contribution in [-0.4, -0.2) is 70.7 Å². The zero-order chi connectivity index (χ0) is 17.1. The number of rotatable bonds is 2. The second-order valence-electron chi connectivity index (χ2n) is 7.53. The highest BCUT2D eigenvalue weighted by Gasteiger charge is 2.30. The van der Waals surface area contributed by atoms with E-state index in [4.69, 9.17) is 10.5 Å². The highest BCUT2D eigenvalue weighted by atomic mass is 127. The number of hydrogen-bond acceptors (Lipinski definition) is 4. The Hall–Kier alpha value is -0.380. The number of guanidine groups is 1. The van der Waals surface area contributed by atoms with Gasteiger partial charge in [-0.05, 0) is 46.3 Å². The lowest BCUT2D eigenvalue weighted by Gasteiger charge is -2.36. The standard InChI is InChI=1S/C16H30N4O2S.HI/c1-15(2,3)22-14(21)20-9-7-19(8-10-20)13(17)18-12-16(4)6-5-11-23-16;/h5-12H2,1-4H3,(H2,17,18);1H. The van der Waals surface area contributed by atoms with Crippen molar-refractivity contribution in [1.82, 2.24) is 9.80 Å². The van der Waals surface area contributed by atoms with Crippen LogP contribution in [-0.2, 0) is 4.74 Å². The van der Waals surface area contributed by atoms with Crippen molar-refractivity contribution in [3.8, 4) is 0 Å². The number of carbonyl (C=O) groups excluding carboxylic acids is 1. The van der Waals surface area contributed by atoms with E-state index in [1.165, 1.54) is 18.6 Å². The Balaban J connectivity index is 0.00000288. The lowest BCUT2D eigenvalue weighted by atomic mass is 10.1. The van der Waals surface area contributed by atoms with Crippen LogP contribution in [0.2, 0.25) is 0 Å². The van der Waals surface area contributed by atoms with Gasteiger partial charge in [0.1, 0.15) is 5.60 Å². The molecule has 24 heavy (non-hydrogen) atoms. The number of aliphatic imine (C=N–C) groups is 1. The fraction of sp³-hybridized carbons (Fsp3) is 0.875. The Kier molecular flexibility index (Phi) is 7.96. The molecule has 0 saturated carbocycles. The van der Waals surface area contributed by atoms with Gasteiger partial charge in [0.05, 0.1) is 6.54 Å². The van der Waals surface area contributed by atoms with Crippen LogP contribution in [0.3, 0.4) is 0 Å². The molecule has 0 aromatic heterocycles. The van der Waals surface area contributed by atoms with E-state index in [2.05, 4.69) is 16.8 Å². The van der Waals surface area contributed by atoms with Crippen LogP contribution < -0.4 is 5.73 Å². The quantitative estimate of drug-likeness (QED) is 0.382. The van der Waals surface area contributed by atoms with E-state index in [0.29, 0.717) is 32.1 Å². The number of ether oxygens (including phenoxy) is 1. The molecular weight excluding hydrogens is 439 g/mol. The summed E-state index contributed by atoms with van der Waals surface area (Å²) in [4.78, 5) is 20.4. The van der Waals surface area contributed by atoms with Gasteiger partial charge in [-0.25, -0.2) is 4.79 Å². The van der Waals surface area contributed by atoms with E-state index in [0.717, 1.165) is 6.54 Å². The highest BCUT2D eigenvalue weighted by molar-refractivity contribution is 14.0. The van der Waals surface area contributed by atoms with Crippen LogP contribution in [0.1, 0.15) is 40.5 Å². The van der Waals surface area contributed by atoms with Crippen molar-refractivity contribution in [3.63, 3.8) is 0 Å². The van der Waals surface area contributed by atoms with Crippen molar-refractivity contribution in [1.29, 1.82) is 0 Å². The van der Waals surface area contributed by atoms with Gasteiger partial charge in [0.2, 0.25) is 0 Å². The number of carbonyl (C=O) groups is 1. The molecule has 0 aromatic rings. The summed E-state index contributed by atoms with van der Waals surface area (Å²) in [6.45, 7) is 11.3. The summed E-state index contributed by atoms with van der Waals surface area (Å²) in [5, 5.41) is 0. The molecule has 0 aromatic carbocycles. The first-order chi connectivity index (χ1) is 10.7. The van der Waals surface area contributed by atoms with E-state index in [1.54, 1.807) is 4.90 Å². The molecule has 2 saturated heterocycles. The molecule has 2 rings (SSSR count). The topological polar surface area (TPSA) is 71.2 Å². The number of thioether (sulfide) groups is 1. The average molecular weight is 470 g/mol. The molecule has 2 heterocycles. The molecule has 8 heteroatoms. The average Bonchev–Trinajstić information content (AvgIpc) is 2.90. The summed E-state index contributed by atoms with van der Waals surface area (Å²) in [5.74, 6) is 1.82. The van der Waals surface area contributed by atoms with Gasteiger partial charge in [-0.3, -0.25) is 4.99 Å². The molecule has 0 aliphatic carbocycles. The molecular formula is C16H31IN4O2S. The van der Waals surface area contributed by atoms with Gasteiger partial charge in [0.15, 0.2) is 5.96 Å². The minimum atomic E-state index is -0.455. The summed E-state index contributed by atoms with van der Waals surface area (Å²) >= 11 is 1.99. The van der Waals surface area contributed by atoms with Crippen LogP contribution in [0.4, 0.5) is 4.79 Å². The maximum atomic E-state index is 12.1. The van der Waals surface area contributed by atoms with Crippen LogP contribution in [0.25, 0.3) is 0 Å². The van der Waals surface area contributed by atoms with Crippen LogP contribution in [0.5, 0.6) is 0 Å². The zero-order valence-electron chi connectivity index (χ0n) is 15.2. The lowest BCUT2D eigenvalue weighted by Crippen LogP contribution is -2.53. The number of amides is 1. The van der Waals surface area contributed by atoms with Crippen LogP contribution in [0, 0.1) is 0 Å². The lowest BCUT2D eigenvalue weighted by molar-refractivity contribution is 0.0186. The van der Waals surface area contributed by atoms with Gasteiger partial charge in [-0.2, -0.15) is 11.8 Å². The third kappa shape index (κ3) is 6.50. The van der Waals surface area contributed by atoms with E-state index in [9.17, 15) is 4.79 Å². The SMILES string of the molecule is CC(C)(C)OC(=O)N1CCN(C(N)=NCC2(C)CCCS2)CC1.I. The summed E-state index contributed by atoms with van der Waals surface area (Å²) in [6.07, 6.45) is 2.23. The van der Waals surface area contributed by atoms with Crippen molar-refractivity contribution in [2.75, 3.05) is 38.5 Å². The minimum absolute atomic E-state index is 0. The Morgan fingerprint density at radius 3 is 2.33 bits per heavy atom. The van der Waals surface area contributed by atoms with Gasteiger partial charge >= 0.3 is 6.09 Å². The van der Waals surface area contributed by atoms with E-state index in [1.807, 2.05) is 32.5 Å². The van der Waals surface area contributed by atoms with Crippen LogP contribution in [0.15, 0.2) is 4.99 Å². The first kappa shape index (κ1) is 21.7. The predicted molar refractivity (Wildman–Crippen MR) is 111 cm³/mol. The van der Waals surface area contributed by atoms with E-state index in [-0.39, 0.29) is 34.8 Å². The molecule has 1 amide bonds. The van der Waals surface area contributed by atoms with Crippen molar-refractivity contribution in [3.05, 3.63) is 0 Å². The Morgan fingerprint density at radius 2 is 1.83 bits per heavy atom. The molecule has 2 aliphatic heterocycles. The molecule has 2 N–H and O–H groups in total. The molecule has 0 radical (unpaired) electrons. The number of piperazine rings is 1. The first-order valence-corrected chi connectivity index (χ1v) is 9.34. The summed E-state index contributed by atoms with van der Waals surface area (Å²) in [5.41, 5.74) is 5.69. The summed E-state index contributed by atoms with van der Waals surface area (Å²) in [6, 6.07) is 0. The van der Waals surface area contributed by atoms with Gasteiger partial charge in [0.25, 0.3) is 0 Å². The van der Waals surface area contributed by atoms with Gasteiger partial charge in [-0.1, -0.05) is 0 Å². The number of nitrogens with two attached hydrogens (primary N) is 1. The van der Waals surface area contributed by atoms with E-state index >= 15 is 0 Å². The van der Waals surface area contributed by atoms with E-state index < -0.39 is 5.60 Å². The maximum absolute atomic E-state index is 12.1. The minimum Gasteiger partial charge on any atom is -0.444 e.